The summed E-state index contributed by atoms with van der Waals surface area (Å²) in [5.74, 6) is -1.65. The summed E-state index contributed by atoms with van der Waals surface area (Å²) in [5.41, 5.74) is -0.0566. The van der Waals surface area contributed by atoms with Crippen LogP contribution in [-0.4, -0.2) is 83.7 Å². The van der Waals surface area contributed by atoms with E-state index < -0.39 is 38.0 Å². The summed E-state index contributed by atoms with van der Waals surface area (Å²) in [6, 6.07) is 3.80. The first-order valence-corrected chi connectivity index (χ1v) is 12.7. The molecule has 0 aliphatic carbocycles. The number of hydrogen-bond donors (Lipinski definition) is 0. The van der Waals surface area contributed by atoms with E-state index in [0.29, 0.717) is 4.31 Å². The third-order valence-corrected chi connectivity index (χ3v) is 8.91. The molecule has 0 N–H and O–H groups in total. The Labute approximate surface area is 181 Å². The van der Waals surface area contributed by atoms with Crippen molar-refractivity contribution in [2.75, 3.05) is 50.0 Å². The molecule has 0 radical (unpaired) electrons. The number of anilines is 1. The predicted molar refractivity (Wildman–Crippen MR) is 111 cm³/mol. The maximum atomic E-state index is 13.3. The number of amides is 2. The van der Waals surface area contributed by atoms with Crippen molar-refractivity contribution in [2.45, 2.75) is 18.7 Å². The molecule has 2 saturated heterocycles. The van der Waals surface area contributed by atoms with Crippen molar-refractivity contribution in [1.82, 2.24) is 9.21 Å². The molecular weight excluding hydrogens is 450 g/mol. The van der Waals surface area contributed by atoms with Crippen LogP contribution in [0.1, 0.15) is 13.8 Å². The minimum atomic E-state index is -4.09. The molecule has 13 heteroatoms. The van der Waals surface area contributed by atoms with E-state index in [1.54, 1.807) is 6.92 Å². The molecule has 2 aliphatic heterocycles. The summed E-state index contributed by atoms with van der Waals surface area (Å²) in [5, 5.41) is 0. The average Bonchev–Trinajstić information content (AvgIpc) is 2.94. The van der Waals surface area contributed by atoms with Gasteiger partial charge in [0.2, 0.25) is 26.0 Å². The second-order valence-electron chi connectivity index (χ2n) is 7.21. The molecule has 1 aromatic carbocycles. The van der Waals surface area contributed by atoms with Crippen LogP contribution in [0.4, 0.5) is 10.5 Å². The second-order valence-corrected chi connectivity index (χ2v) is 11.0. The standard InChI is InChI=1S/C18H25N3O8S2/c1-4-29-18(23)19-7-9-20(10-8-19)31(26,27)16-11-14(5-6-15(16)28-3)21-17(22)13(2)12-30(21,24)25/h5-6,11,13H,4,7-10,12H2,1-3H3/t13-/m0/s1. The van der Waals surface area contributed by atoms with E-state index >= 15 is 0 Å². The molecule has 11 nitrogen and oxygen atoms in total. The topological polar surface area (TPSA) is 131 Å². The summed E-state index contributed by atoms with van der Waals surface area (Å²) in [4.78, 5) is 25.4. The molecule has 31 heavy (non-hydrogen) atoms. The number of sulfonamides is 2. The fourth-order valence-corrected chi connectivity index (χ4v) is 6.95. The number of hydrogen-bond acceptors (Lipinski definition) is 8. The first kappa shape index (κ1) is 23.3. The highest BCUT2D eigenvalue weighted by Crippen LogP contribution is 2.35. The molecule has 2 amide bonds. The lowest BCUT2D eigenvalue weighted by Gasteiger charge is -2.33. The summed E-state index contributed by atoms with van der Waals surface area (Å²) < 4.78 is 63.4. The average molecular weight is 476 g/mol. The number of rotatable bonds is 5. The van der Waals surface area contributed by atoms with Gasteiger partial charge in [-0.2, -0.15) is 4.31 Å². The predicted octanol–water partition coefficient (Wildman–Crippen LogP) is 0.471. The lowest BCUT2D eigenvalue weighted by atomic mass is 10.2. The van der Waals surface area contributed by atoms with Gasteiger partial charge >= 0.3 is 6.09 Å². The van der Waals surface area contributed by atoms with Gasteiger partial charge in [-0.25, -0.2) is 25.9 Å². The van der Waals surface area contributed by atoms with Crippen molar-refractivity contribution in [3.8, 4) is 5.75 Å². The molecular formula is C18H25N3O8S2. The molecule has 1 aromatic rings. The highest BCUT2D eigenvalue weighted by molar-refractivity contribution is 7.94. The fraction of sp³-hybridized carbons (Fsp3) is 0.556. The Morgan fingerprint density at radius 3 is 2.35 bits per heavy atom. The Balaban J connectivity index is 1.92. The quantitative estimate of drug-likeness (QED) is 0.601. The normalized spacial score (nSPS) is 21.9. The van der Waals surface area contributed by atoms with Gasteiger partial charge in [0.25, 0.3) is 0 Å². The summed E-state index contributed by atoms with van der Waals surface area (Å²) >= 11 is 0. The van der Waals surface area contributed by atoms with Crippen LogP contribution < -0.4 is 9.04 Å². The van der Waals surface area contributed by atoms with Crippen LogP contribution >= 0.6 is 0 Å². The third-order valence-electron chi connectivity index (χ3n) is 5.12. The zero-order chi connectivity index (χ0) is 23.0. The highest BCUT2D eigenvalue weighted by atomic mass is 32.2. The number of carbonyl (C=O) groups is 2. The molecule has 0 saturated carbocycles. The Bertz CT molecular complexity index is 1080. The van der Waals surface area contributed by atoms with E-state index in [0.717, 1.165) is 6.07 Å². The van der Waals surface area contributed by atoms with Crippen LogP contribution in [0.25, 0.3) is 0 Å². The summed E-state index contributed by atoms with van der Waals surface area (Å²) in [7, 11) is -6.68. The van der Waals surface area contributed by atoms with E-state index in [1.165, 1.54) is 35.4 Å². The van der Waals surface area contributed by atoms with Gasteiger partial charge in [-0.1, -0.05) is 6.92 Å². The maximum Gasteiger partial charge on any atom is 0.409 e. The van der Waals surface area contributed by atoms with Gasteiger partial charge in [0.1, 0.15) is 10.6 Å². The number of methoxy groups -OCH3 is 1. The fourth-order valence-electron chi connectivity index (χ4n) is 3.55. The molecule has 2 aliphatic rings. The zero-order valence-electron chi connectivity index (χ0n) is 17.5. The number of piperazine rings is 1. The molecule has 2 heterocycles. The Kier molecular flexibility index (Phi) is 6.48. The Hall–Kier alpha value is -2.38. The van der Waals surface area contributed by atoms with Crippen molar-refractivity contribution < 1.29 is 35.9 Å². The minimum Gasteiger partial charge on any atom is -0.495 e. The van der Waals surface area contributed by atoms with Crippen molar-refractivity contribution >= 4 is 37.7 Å². The van der Waals surface area contributed by atoms with Gasteiger partial charge in [0.15, 0.2) is 0 Å². The SMILES string of the molecule is CCOC(=O)N1CCN(S(=O)(=O)c2cc(N3C(=O)[C@@H](C)CS3(=O)=O)ccc2OC)CC1. The number of ether oxygens (including phenoxy) is 2. The van der Waals surface area contributed by atoms with Crippen molar-refractivity contribution in [3.05, 3.63) is 18.2 Å². The number of benzene rings is 1. The van der Waals surface area contributed by atoms with Gasteiger partial charge in [-0.15, -0.1) is 0 Å². The maximum absolute atomic E-state index is 13.3. The first-order chi connectivity index (χ1) is 14.5. The van der Waals surface area contributed by atoms with Crippen LogP contribution in [0.5, 0.6) is 5.75 Å². The molecule has 0 bridgehead atoms. The van der Waals surface area contributed by atoms with Gasteiger partial charge in [-0.3, -0.25) is 4.79 Å². The zero-order valence-corrected chi connectivity index (χ0v) is 19.1. The van der Waals surface area contributed by atoms with Crippen LogP contribution in [0.2, 0.25) is 0 Å². The van der Waals surface area contributed by atoms with Crippen LogP contribution in [0.15, 0.2) is 23.1 Å². The van der Waals surface area contributed by atoms with Gasteiger partial charge in [-0.05, 0) is 25.1 Å². The van der Waals surface area contributed by atoms with Crippen LogP contribution in [-0.2, 0) is 29.6 Å². The lowest BCUT2D eigenvalue weighted by molar-refractivity contribution is -0.119. The molecule has 172 valence electrons. The molecule has 2 fully saturated rings. The van der Waals surface area contributed by atoms with Gasteiger partial charge < -0.3 is 14.4 Å². The Morgan fingerprint density at radius 1 is 1.19 bits per heavy atom. The van der Waals surface area contributed by atoms with E-state index in [1.807, 2.05) is 0 Å². The molecule has 0 unspecified atom stereocenters. The summed E-state index contributed by atoms with van der Waals surface area (Å²) in [6.07, 6.45) is -0.508. The second kappa shape index (κ2) is 8.63. The van der Waals surface area contributed by atoms with Crippen molar-refractivity contribution in [2.24, 2.45) is 5.92 Å². The minimum absolute atomic E-state index is 0.0219. The number of nitrogens with zero attached hydrogens (tertiary/aromatic N) is 3. The van der Waals surface area contributed by atoms with Crippen LogP contribution in [0, 0.1) is 5.92 Å². The molecule has 0 spiro atoms. The Morgan fingerprint density at radius 2 is 1.84 bits per heavy atom. The molecule has 3 rings (SSSR count). The van der Waals surface area contributed by atoms with E-state index in [9.17, 15) is 26.4 Å². The van der Waals surface area contributed by atoms with E-state index in [2.05, 4.69) is 0 Å². The van der Waals surface area contributed by atoms with E-state index in [4.69, 9.17) is 9.47 Å². The van der Waals surface area contributed by atoms with Gasteiger partial charge in [0, 0.05) is 26.2 Å². The number of carbonyl (C=O) groups excluding carboxylic acids is 2. The molecule has 1 atom stereocenters. The van der Waals surface area contributed by atoms with E-state index in [-0.39, 0.29) is 54.9 Å². The smallest absolute Gasteiger partial charge is 0.409 e. The van der Waals surface area contributed by atoms with Crippen LogP contribution in [0.3, 0.4) is 0 Å². The monoisotopic (exact) mass is 475 g/mol. The molecule has 0 aromatic heterocycles. The highest BCUT2D eigenvalue weighted by Gasteiger charge is 2.43. The largest absolute Gasteiger partial charge is 0.495 e. The lowest BCUT2D eigenvalue weighted by Crippen LogP contribution is -2.50. The third kappa shape index (κ3) is 4.34. The first-order valence-electron chi connectivity index (χ1n) is 9.69. The van der Waals surface area contributed by atoms with Crippen molar-refractivity contribution in [3.63, 3.8) is 0 Å². The van der Waals surface area contributed by atoms with Gasteiger partial charge in [0.05, 0.1) is 31.1 Å². The van der Waals surface area contributed by atoms with Crippen molar-refractivity contribution in [1.29, 1.82) is 0 Å². The summed E-state index contributed by atoms with van der Waals surface area (Å²) in [6.45, 7) is 3.78.